The number of allylic oxidation sites excluding steroid dienone is 1. The molecule has 4 rings (SSSR count). The first kappa shape index (κ1) is 21.1. The molecule has 0 saturated heterocycles. The molecule has 0 bridgehead atoms. The molecule has 7 heteroatoms. The molecule has 2 aromatic carbocycles. The Labute approximate surface area is 186 Å². The molecule has 1 aliphatic heterocycles. The molecule has 0 aliphatic carbocycles. The van der Waals surface area contributed by atoms with Crippen LogP contribution in [-0.2, 0) is 0 Å². The normalized spacial score (nSPS) is 16.6. The molecule has 3 aromatic rings. The molecule has 0 radical (unpaired) electrons. The average Bonchev–Trinajstić information content (AvgIpc) is 3.22. The van der Waals surface area contributed by atoms with Crippen molar-refractivity contribution in [3.05, 3.63) is 75.8 Å². The second-order valence-electron chi connectivity index (χ2n) is 7.81. The third-order valence-electron chi connectivity index (χ3n) is 5.65. The van der Waals surface area contributed by atoms with Gasteiger partial charge in [-0.25, -0.2) is 4.79 Å². The van der Waals surface area contributed by atoms with Crippen LogP contribution in [0, 0.1) is 13.8 Å². The highest BCUT2D eigenvalue weighted by Crippen LogP contribution is 2.38. The van der Waals surface area contributed by atoms with E-state index in [1.807, 2.05) is 32.0 Å². The minimum absolute atomic E-state index is 0.124. The maximum atomic E-state index is 12.9. The Morgan fingerprint density at radius 1 is 1.13 bits per heavy atom. The topological polar surface area (TPSA) is 71.3 Å². The van der Waals surface area contributed by atoms with E-state index in [1.54, 1.807) is 17.0 Å². The number of nitrogens with one attached hydrogen (secondary N) is 1. The monoisotopic (exact) mass is 436 g/mol. The summed E-state index contributed by atoms with van der Waals surface area (Å²) >= 11 is 6.12. The maximum absolute atomic E-state index is 12.9. The fourth-order valence-corrected chi connectivity index (χ4v) is 4.01. The number of amides is 2. The van der Waals surface area contributed by atoms with Crippen LogP contribution in [0.5, 0.6) is 0 Å². The van der Waals surface area contributed by atoms with Crippen LogP contribution in [0.3, 0.4) is 0 Å². The van der Waals surface area contributed by atoms with Crippen molar-refractivity contribution < 1.29 is 9.32 Å². The second-order valence-corrected chi connectivity index (χ2v) is 8.25. The first-order valence-corrected chi connectivity index (χ1v) is 10.7. The van der Waals surface area contributed by atoms with E-state index >= 15 is 0 Å². The molecule has 31 heavy (non-hydrogen) atoms. The third-order valence-corrected chi connectivity index (χ3v) is 5.88. The van der Waals surface area contributed by atoms with Gasteiger partial charge in [0, 0.05) is 22.8 Å². The first-order chi connectivity index (χ1) is 14.9. The number of halogens is 1. The summed E-state index contributed by atoms with van der Waals surface area (Å²) < 4.78 is 5.70. The number of hydrogen-bond acceptors (Lipinski definition) is 4. The summed E-state index contributed by atoms with van der Waals surface area (Å²) in [6.45, 7) is 8.71. The smallest absolute Gasteiger partial charge is 0.322 e. The fraction of sp³-hybridized carbons (Fsp3) is 0.292. The van der Waals surface area contributed by atoms with Crippen molar-refractivity contribution in [1.82, 2.24) is 20.4 Å². The Balaban J connectivity index is 1.83. The van der Waals surface area contributed by atoms with Crippen LogP contribution in [0.15, 0.2) is 52.7 Å². The van der Waals surface area contributed by atoms with Gasteiger partial charge in [-0.3, -0.25) is 4.90 Å². The predicted octanol–water partition coefficient (Wildman–Crippen LogP) is 5.91. The summed E-state index contributed by atoms with van der Waals surface area (Å²) in [6, 6.07) is 13.0. The lowest BCUT2D eigenvalue weighted by Gasteiger charge is -2.35. The lowest BCUT2D eigenvalue weighted by Crippen LogP contribution is -2.46. The predicted molar refractivity (Wildman–Crippen MR) is 122 cm³/mol. The Kier molecular flexibility index (Phi) is 5.83. The molecular formula is C24H25ClN4O2. The number of hydrogen-bond donors (Lipinski definition) is 1. The van der Waals surface area contributed by atoms with Gasteiger partial charge in [0.2, 0.25) is 5.82 Å². The lowest BCUT2D eigenvalue weighted by molar-refractivity contribution is 0.205. The van der Waals surface area contributed by atoms with Gasteiger partial charge in [0.05, 0.1) is 11.6 Å². The Morgan fingerprint density at radius 2 is 1.94 bits per heavy atom. The molecule has 1 N–H and O–H groups in total. The fourth-order valence-electron chi connectivity index (χ4n) is 3.82. The zero-order valence-electron chi connectivity index (χ0n) is 18.1. The number of aryl methyl sites for hydroxylation is 2. The van der Waals surface area contributed by atoms with Crippen molar-refractivity contribution in [3.63, 3.8) is 0 Å². The molecule has 2 heterocycles. The molecule has 2 amide bonds. The van der Waals surface area contributed by atoms with Gasteiger partial charge in [-0.1, -0.05) is 54.0 Å². The van der Waals surface area contributed by atoms with E-state index in [0.717, 1.165) is 34.4 Å². The van der Waals surface area contributed by atoms with E-state index in [-0.39, 0.29) is 12.1 Å². The van der Waals surface area contributed by atoms with Gasteiger partial charge < -0.3 is 9.84 Å². The number of aromatic nitrogens is 2. The molecule has 0 spiro atoms. The van der Waals surface area contributed by atoms with Gasteiger partial charge in [-0.15, -0.1) is 0 Å². The molecular weight excluding hydrogens is 412 g/mol. The Hall–Kier alpha value is -3.12. The van der Waals surface area contributed by atoms with E-state index in [4.69, 9.17) is 16.1 Å². The molecule has 1 aromatic heterocycles. The zero-order chi connectivity index (χ0) is 22.1. The standard InChI is InChI=1S/C24H25ClN4O2/c1-5-11-29-16(4)20(21(26-24(29)30)17-10-9-14(2)15(3)12-17)23-27-22(28-31-23)18-7-6-8-19(25)13-18/h6-10,12-13,21H,5,11H2,1-4H3,(H,26,30). The largest absolute Gasteiger partial charge is 0.334 e. The van der Waals surface area contributed by atoms with Crippen LogP contribution in [-0.4, -0.2) is 27.6 Å². The summed E-state index contributed by atoms with van der Waals surface area (Å²) in [7, 11) is 0. The van der Waals surface area contributed by atoms with E-state index in [2.05, 4.69) is 41.4 Å². The van der Waals surface area contributed by atoms with Gasteiger partial charge >= 0.3 is 6.03 Å². The highest BCUT2D eigenvalue weighted by Gasteiger charge is 2.35. The Morgan fingerprint density at radius 3 is 2.65 bits per heavy atom. The quantitative estimate of drug-likeness (QED) is 0.539. The summed E-state index contributed by atoms with van der Waals surface area (Å²) in [6.07, 6.45) is 0.837. The number of carbonyl (C=O) groups is 1. The molecule has 6 nitrogen and oxygen atoms in total. The molecule has 1 unspecified atom stereocenters. The lowest BCUT2D eigenvalue weighted by atomic mass is 9.92. The van der Waals surface area contributed by atoms with Crippen LogP contribution in [0.2, 0.25) is 5.02 Å². The molecule has 0 fully saturated rings. The highest BCUT2D eigenvalue weighted by molar-refractivity contribution is 6.30. The van der Waals surface area contributed by atoms with Crippen molar-refractivity contribution in [3.8, 4) is 11.4 Å². The van der Waals surface area contributed by atoms with Gasteiger partial charge in [0.15, 0.2) is 0 Å². The summed E-state index contributed by atoms with van der Waals surface area (Å²) in [4.78, 5) is 19.3. The van der Waals surface area contributed by atoms with Gasteiger partial charge in [-0.2, -0.15) is 4.98 Å². The summed E-state index contributed by atoms with van der Waals surface area (Å²) in [5, 5.41) is 7.91. The minimum Gasteiger partial charge on any atom is -0.334 e. The van der Waals surface area contributed by atoms with Gasteiger partial charge in [0.1, 0.15) is 0 Å². The van der Waals surface area contributed by atoms with Gasteiger partial charge in [-0.05, 0) is 56.0 Å². The SMILES string of the molecule is CCCN1C(=O)NC(c2ccc(C)c(C)c2)C(c2nc(-c3cccc(Cl)c3)no2)=C1C. The van der Waals surface area contributed by atoms with E-state index < -0.39 is 0 Å². The van der Waals surface area contributed by atoms with Crippen LogP contribution in [0.25, 0.3) is 17.0 Å². The van der Waals surface area contributed by atoms with Crippen LogP contribution in [0.1, 0.15) is 48.9 Å². The average molecular weight is 437 g/mol. The zero-order valence-corrected chi connectivity index (χ0v) is 18.8. The van der Waals surface area contributed by atoms with Crippen LogP contribution >= 0.6 is 11.6 Å². The molecule has 0 saturated carbocycles. The number of nitrogens with zero attached hydrogens (tertiary/aromatic N) is 3. The number of rotatable bonds is 5. The first-order valence-electron chi connectivity index (χ1n) is 10.3. The minimum atomic E-state index is -0.382. The number of urea groups is 1. The van der Waals surface area contributed by atoms with E-state index in [0.29, 0.717) is 23.3 Å². The van der Waals surface area contributed by atoms with Crippen molar-refractivity contribution >= 4 is 23.2 Å². The maximum Gasteiger partial charge on any atom is 0.322 e. The Bertz CT molecular complexity index is 1170. The highest BCUT2D eigenvalue weighted by atomic mass is 35.5. The third kappa shape index (κ3) is 4.08. The van der Waals surface area contributed by atoms with Crippen molar-refractivity contribution in [2.24, 2.45) is 0 Å². The van der Waals surface area contributed by atoms with Gasteiger partial charge in [0.25, 0.3) is 5.89 Å². The number of carbonyl (C=O) groups excluding carboxylic acids is 1. The van der Waals surface area contributed by atoms with E-state index in [1.165, 1.54) is 5.56 Å². The summed E-state index contributed by atoms with van der Waals surface area (Å²) in [5.41, 5.74) is 5.72. The van der Waals surface area contributed by atoms with Crippen molar-refractivity contribution in [2.75, 3.05) is 6.54 Å². The summed E-state index contributed by atoms with van der Waals surface area (Å²) in [5.74, 6) is 0.840. The molecule has 1 atom stereocenters. The number of benzene rings is 2. The molecule has 1 aliphatic rings. The van der Waals surface area contributed by atoms with Crippen LogP contribution in [0.4, 0.5) is 4.79 Å². The van der Waals surface area contributed by atoms with Crippen molar-refractivity contribution in [1.29, 1.82) is 0 Å². The van der Waals surface area contributed by atoms with Crippen molar-refractivity contribution in [2.45, 2.75) is 40.2 Å². The van der Waals surface area contributed by atoms with E-state index in [9.17, 15) is 4.79 Å². The second kappa shape index (κ2) is 8.55. The molecule has 160 valence electrons. The van der Waals surface area contributed by atoms with Crippen LogP contribution < -0.4 is 5.32 Å².